The Hall–Kier alpha value is -0.860. The average molecular weight is 260 g/mol. The average Bonchev–Trinajstić information content (AvgIpc) is 2.85. The van der Waals surface area contributed by atoms with Gasteiger partial charge in [0.1, 0.15) is 0 Å². The van der Waals surface area contributed by atoms with Crippen molar-refractivity contribution in [2.24, 2.45) is 5.41 Å². The van der Waals surface area contributed by atoms with E-state index < -0.39 is 0 Å². The van der Waals surface area contributed by atoms with Crippen LogP contribution < -0.4 is 5.32 Å². The monoisotopic (exact) mass is 260 g/mol. The van der Waals surface area contributed by atoms with Crippen molar-refractivity contribution in [2.75, 3.05) is 19.6 Å². The van der Waals surface area contributed by atoms with Crippen molar-refractivity contribution in [1.82, 2.24) is 10.2 Å². The number of nitrogens with one attached hydrogen (secondary N) is 1. The van der Waals surface area contributed by atoms with E-state index in [0.29, 0.717) is 11.5 Å². The zero-order valence-electron chi connectivity index (χ0n) is 12.7. The molecule has 0 aromatic heterocycles. The Morgan fingerprint density at radius 1 is 1.32 bits per heavy atom. The van der Waals surface area contributed by atoms with Crippen LogP contribution in [0.4, 0.5) is 0 Å². The first kappa shape index (κ1) is 14.5. The fourth-order valence-electron chi connectivity index (χ4n) is 2.94. The van der Waals surface area contributed by atoms with Crippen molar-refractivity contribution in [3.05, 3.63) is 35.9 Å². The number of nitrogens with zero attached hydrogens (tertiary/aromatic N) is 1. The lowest BCUT2D eigenvalue weighted by Crippen LogP contribution is -2.41. The summed E-state index contributed by atoms with van der Waals surface area (Å²) in [6.45, 7) is 11.7. The fraction of sp³-hybridized carbons (Fsp3) is 0.647. The first-order valence-electron chi connectivity index (χ1n) is 7.62. The van der Waals surface area contributed by atoms with Crippen molar-refractivity contribution < 1.29 is 0 Å². The quantitative estimate of drug-likeness (QED) is 0.844. The molecule has 0 saturated carbocycles. The third kappa shape index (κ3) is 4.05. The first-order chi connectivity index (χ1) is 9.13. The van der Waals surface area contributed by atoms with Crippen LogP contribution in [0.15, 0.2) is 30.3 Å². The van der Waals surface area contributed by atoms with Gasteiger partial charge in [-0.3, -0.25) is 4.90 Å². The highest BCUT2D eigenvalue weighted by atomic mass is 15.2. The summed E-state index contributed by atoms with van der Waals surface area (Å²) in [5.41, 5.74) is 1.87. The van der Waals surface area contributed by atoms with Gasteiger partial charge in [0, 0.05) is 25.7 Å². The molecule has 1 aromatic carbocycles. The van der Waals surface area contributed by atoms with Crippen LogP contribution in [-0.2, 0) is 6.54 Å². The Bertz CT molecular complexity index is 368. The molecule has 2 rings (SSSR count). The van der Waals surface area contributed by atoms with E-state index in [1.807, 2.05) is 0 Å². The summed E-state index contributed by atoms with van der Waals surface area (Å²) >= 11 is 0. The predicted molar refractivity (Wildman–Crippen MR) is 82.2 cm³/mol. The van der Waals surface area contributed by atoms with E-state index in [0.717, 1.165) is 13.1 Å². The van der Waals surface area contributed by atoms with Gasteiger partial charge in [-0.25, -0.2) is 0 Å². The van der Waals surface area contributed by atoms with Crippen LogP contribution in [0, 0.1) is 5.41 Å². The lowest BCUT2D eigenvalue weighted by atomic mass is 9.88. The maximum absolute atomic E-state index is 3.51. The molecule has 1 heterocycles. The van der Waals surface area contributed by atoms with Gasteiger partial charge in [0.25, 0.3) is 0 Å². The van der Waals surface area contributed by atoms with E-state index in [9.17, 15) is 0 Å². The van der Waals surface area contributed by atoms with E-state index in [2.05, 4.69) is 61.3 Å². The molecule has 1 N–H and O–H groups in total. The number of hydrogen-bond donors (Lipinski definition) is 1. The van der Waals surface area contributed by atoms with Crippen molar-refractivity contribution in [2.45, 2.75) is 46.2 Å². The molecule has 1 saturated heterocycles. The van der Waals surface area contributed by atoms with Crippen molar-refractivity contribution in [3.8, 4) is 0 Å². The smallest absolute Gasteiger partial charge is 0.0236 e. The summed E-state index contributed by atoms with van der Waals surface area (Å²) in [6.07, 6.45) is 2.52. The minimum Gasteiger partial charge on any atom is -0.316 e. The number of hydrogen-bond acceptors (Lipinski definition) is 2. The second-order valence-corrected chi connectivity index (χ2v) is 6.39. The molecule has 1 aliphatic rings. The highest BCUT2D eigenvalue weighted by molar-refractivity contribution is 5.14. The Labute approximate surface area is 118 Å². The molecule has 106 valence electrons. The Morgan fingerprint density at radius 2 is 2.05 bits per heavy atom. The van der Waals surface area contributed by atoms with Gasteiger partial charge in [0.15, 0.2) is 0 Å². The van der Waals surface area contributed by atoms with Gasteiger partial charge < -0.3 is 5.32 Å². The second kappa shape index (κ2) is 6.53. The van der Waals surface area contributed by atoms with Crippen LogP contribution in [0.1, 0.15) is 39.2 Å². The fourth-order valence-corrected chi connectivity index (χ4v) is 2.94. The lowest BCUT2D eigenvalue weighted by molar-refractivity contribution is 0.126. The highest BCUT2D eigenvalue weighted by Gasteiger charge is 2.31. The van der Waals surface area contributed by atoms with Crippen LogP contribution >= 0.6 is 0 Å². The third-order valence-corrected chi connectivity index (χ3v) is 4.48. The molecule has 0 spiro atoms. The Morgan fingerprint density at radius 3 is 2.63 bits per heavy atom. The molecule has 2 unspecified atom stereocenters. The van der Waals surface area contributed by atoms with Gasteiger partial charge in [0.05, 0.1) is 0 Å². The van der Waals surface area contributed by atoms with Gasteiger partial charge in [0.2, 0.25) is 0 Å². The predicted octanol–water partition coefficient (Wildman–Crippen LogP) is 3.29. The maximum Gasteiger partial charge on any atom is 0.0236 e. The minimum atomic E-state index is 0.443. The molecule has 1 aliphatic heterocycles. The SMILES string of the molecule is CCC(C)N(Cc1ccccc1)CC1(C)CCNC1. The standard InChI is InChI=1S/C17H28N2/c1-4-15(2)19(12-16-8-6-5-7-9-16)14-17(3)10-11-18-13-17/h5-9,15,18H,4,10-14H2,1-3H3. The molecular formula is C17H28N2. The molecule has 19 heavy (non-hydrogen) atoms. The highest BCUT2D eigenvalue weighted by Crippen LogP contribution is 2.27. The zero-order valence-corrected chi connectivity index (χ0v) is 12.7. The molecule has 0 bridgehead atoms. The topological polar surface area (TPSA) is 15.3 Å². The Balaban J connectivity index is 2.03. The Kier molecular flexibility index (Phi) is 5.00. The molecule has 2 heteroatoms. The molecule has 0 radical (unpaired) electrons. The molecule has 2 atom stereocenters. The zero-order chi connectivity index (χ0) is 13.7. The van der Waals surface area contributed by atoms with Crippen LogP contribution in [0.25, 0.3) is 0 Å². The van der Waals surface area contributed by atoms with E-state index in [1.54, 1.807) is 0 Å². The summed E-state index contributed by atoms with van der Waals surface area (Å²) in [6, 6.07) is 11.5. The summed E-state index contributed by atoms with van der Waals surface area (Å²) in [7, 11) is 0. The molecule has 0 aliphatic carbocycles. The number of benzene rings is 1. The molecule has 1 fully saturated rings. The van der Waals surface area contributed by atoms with Gasteiger partial charge in [-0.2, -0.15) is 0 Å². The van der Waals surface area contributed by atoms with Gasteiger partial charge in [-0.15, -0.1) is 0 Å². The molecule has 0 amide bonds. The third-order valence-electron chi connectivity index (χ3n) is 4.48. The van der Waals surface area contributed by atoms with E-state index in [1.165, 1.54) is 31.5 Å². The maximum atomic E-state index is 3.51. The van der Waals surface area contributed by atoms with Crippen LogP contribution in [0.5, 0.6) is 0 Å². The minimum absolute atomic E-state index is 0.443. The molecule has 1 aromatic rings. The normalized spacial score (nSPS) is 24.8. The summed E-state index contributed by atoms with van der Waals surface area (Å²) in [4.78, 5) is 2.66. The first-order valence-corrected chi connectivity index (χ1v) is 7.62. The van der Waals surface area contributed by atoms with Crippen LogP contribution in [0.2, 0.25) is 0 Å². The van der Waals surface area contributed by atoms with Crippen LogP contribution in [0.3, 0.4) is 0 Å². The van der Waals surface area contributed by atoms with Gasteiger partial charge in [-0.05, 0) is 37.3 Å². The van der Waals surface area contributed by atoms with E-state index in [4.69, 9.17) is 0 Å². The van der Waals surface area contributed by atoms with Crippen LogP contribution in [-0.4, -0.2) is 30.6 Å². The van der Waals surface area contributed by atoms with E-state index in [-0.39, 0.29) is 0 Å². The summed E-state index contributed by atoms with van der Waals surface area (Å²) in [5.74, 6) is 0. The molecule has 2 nitrogen and oxygen atoms in total. The summed E-state index contributed by atoms with van der Waals surface area (Å²) < 4.78 is 0. The van der Waals surface area contributed by atoms with Crippen molar-refractivity contribution in [1.29, 1.82) is 0 Å². The lowest BCUT2D eigenvalue weighted by Gasteiger charge is -2.36. The summed E-state index contributed by atoms with van der Waals surface area (Å²) in [5, 5.41) is 3.51. The van der Waals surface area contributed by atoms with E-state index >= 15 is 0 Å². The number of rotatable bonds is 6. The second-order valence-electron chi connectivity index (χ2n) is 6.39. The van der Waals surface area contributed by atoms with Crippen molar-refractivity contribution in [3.63, 3.8) is 0 Å². The largest absolute Gasteiger partial charge is 0.316 e. The van der Waals surface area contributed by atoms with Crippen molar-refractivity contribution >= 4 is 0 Å². The van der Waals surface area contributed by atoms with Gasteiger partial charge >= 0.3 is 0 Å². The molecular weight excluding hydrogens is 232 g/mol. The van der Waals surface area contributed by atoms with Gasteiger partial charge in [-0.1, -0.05) is 44.2 Å².